The van der Waals surface area contributed by atoms with Gasteiger partial charge in [-0.2, -0.15) is 11.3 Å². The zero-order valence-corrected chi connectivity index (χ0v) is 10.3. The van der Waals surface area contributed by atoms with E-state index in [1.807, 2.05) is 0 Å². The number of nitrogens with zero attached hydrogens (tertiary/aromatic N) is 1. The van der Waals surface area contributed by atoms with Crippen LogP contribution in [0.25, 0.3) is 0 Å². The first-order valence-electron chi connectivity index (χ1n) is 4.26. The van der Waals surface area contributed by atoms with E-state index in [4.69, 9.17) is 12.2 Å². The van der Waals surface area contributed by atoms with Crippen molar-refractivity contribution in [2.24, 2.45) is 0 Å². The van der Waals surface area contributed by atoms with Gasteiger partial charge < -0.3 is 4.90 Å². The van der Waals surface area contributed by atoms with E-state index in [9.17, 15) is 0 Å². The summed E-state index contributed by atoms with van der Waals surface area (Å²) in [5.74, 6) is 0. The van der Waals surface area contributed by atoms with Crippen LogP contribution in [0.3, 0.4) is 0 Å². The molecule has 0 radical (unpaired) electrons. The van der Waals surface area contributed by atoms with Crippen molar-refractivity contribution in [1.29, 1.82) is 0 Å². The fraction of sp³-hybridized carbons (Fsp3) is 0.444. The minimum absolute atomic E-state index is 0.975. The van der Waals surface area contributed by atoms with Crippen LogP contribution in [0.5, 0.6) is 0 Å². The molecule has 4 heteroatoms. The molecule has 1 aromatic heterocycles. The van der Waals surface area contributed by atoms with Gasteiger partial charge in [-0.05, 0) is 25.3 Å². The van der Waals surface area contributed by atoms with E-state index in [1.165, 1.54) is 4.90 Å². The minimum Gasteiger partial charge on any atom is -0.358 e. The lowest BCUT2D eigenvalue weighted by atomic mass is 10.6. The third kappa shape index (κ3) is 3.29. The Kier molecular flexibility index (Phi) is 4.77. The molecular weight excluding hydrogens is 218 g/mol. The van der Waals surface area contributed by atoms with Gasteiger partial charge in [0, 0.05) is 23.4 Å². The number of hydrogen-bond donors (Lipinski definition) is 0. The Morgan fingerprint density at radius 1 is 1.54 bits per heavy atom. The number of rotatable bonds is 3. The second-order valence-corrected chi connectivity index (χ2v) is 4.99. The maximum atomic E-state index is 5.32. The standard InChI is InChI=1S/C9H13NS3/c1-3-10(4-2)9(11)13-8-5-6-12-7-8/h5-7H,3-4H2,1-2H3. The second kappa shape index (κ2) is 5.62. The molecule has 0 aromatic carbocycles. The van der Waals surface area contributed by atoms with Gasteiger partial charge in [0.25, 0.3) is 0 Å². The van der Waals surface area contributed by atoms with Crippen LogP contribution in [-0.2, 0) is 0 Å². The molecule has 0 fully saturated rings. The van der Waals surface area contributed by atoms with Crippen molar-refractivity contribution in [2.75, 3.05) is 13.1 Å². The third-order valence-corrected chi connectivity index (χ3v) is 3.98. The Labute approximate surface area is 93.1 Å². The van der Waals surface area contributed by atoms with Crippen LogP contribution in [0.15, 0.2) is 21.7 Å². The van der Waals surface area contributed by atoms with E-state index >= 15 is 0 Å². The van der Waals surface area contributed by atoms with Crippen LogP contribution in [0.4, 0.5) is 0 Å². The van der Waals surface area contributed by atoms with Gasteiger partial charge in [-0.15, -0.1) is 0 Å². The maximum Gasteiger partial charge on any atom is 0.141 e. The highest BCUT2D eigenvalue weighted by Crippen LogP contribution is 2.23. The average Bonchev–Trinajstić information content (AvgIpc) is 2.59. The SMILES string of the molecule is CCN(CC)C(=S)Sc1ccsc1. The number of thioether (sulfide) groups is 1. The minimum atomic E-state index is 0.975. The predicted octanol–water partition coefficient (Wildman–Crippen LogP) is 3.47. The lowest BCUT2D eigenvalue weighted by Gasteiger charge is -2.20. The molecule has 0 bridgehead atoms. The first-order valence-corrected chi connectivity index (χ1v) is 6.43. The van der Waals surface area contributed by atoms with Crippen molar-refractivity contribution in [1.82, 2.24) is 4.90 Å². The molecule has 1 nitrogen and oxygen atoms in total. The normalized spacial score (nSPS) is 10.0. The molecule has 0 saturated carbocycles. The summed E-state index contributed by atoms with van der Waals surface area (Å²) in [4.78, 5) is 3.44. The monoisotopic (exact) mass is 231 g/mol. The highest BCUT2D eigenvalue weighted by atomic mass is 32.2. The highest BCUT2D eigenvalue weighted by molar-refractivity contribution is 8.23. The first-order chi connectivity index (χ1) is 6.27. The Morgan fingerprint density at radius 2 is 2.23 bits per heavy atom. The van der Waals surface area contributed by atoms with Gasteiger partial charge >= 0.3 is 0 Å². The van der Waals surface area contributed by atoms with Crippen molar-refractivity contribution in [3.8, 4) is 0 Å². The van der Waals surface area contributed by atoms with E-state index < -0.39 is 0 Å². The Morgan fingerprint density at radius 3 is 2.69 bits per heavy atom. The molecule has 0 unspecified atom stereocenters. The highest BCUT2D eigenvalue weighted by Gasteiger charge is 2.06. The van der Waals surface area contributed by atoms with Gasteiger partial charge in [-0.3, -0.25) is 0 Å². The average molecular weight is 231 g/mol. The van der Waals surface area contributed by atoms with E-state index in [0.29, 0.717) is 0 Å². The van der Waals surface area contributed by atoms with Crippen molar-refractivity contribution >= 4 is 39.6 Å². The van der Waals surface area contributed by atoms with Crippen LogP contribution >= 0.6 is 35.3 Å². The predicted molar refractivity (Wildman–Crippen MR) is 65.7 cm³/mol. The van der Waals surface area contributed by atoms with Crippen LogP contribution < -0.4 is 0 Å². The smallest absolute Gasteiger partial charge is 0.141 e. The topological polar surface area (TPSA) is 3.24 Å². The van der Waals surface area contributed by atoms with Crippen LogP contribution in [0.2, 0.25) is 0 Å². The van der Waals surface area contributed by atoms with Crippen LogP contribution in [0, 0.1) is 0 Å². The lowest BCUT2D eigenvalue weighted by Crippen LogP contribution is -2.26. The van der Waals surface area contributed by atoms with Crippen molar-refractivity contribution in [3.05, 3.63) is 16.8 Å². The van der Waals surface area contributed by atoms with Gasteiger partial charge in [0.15, 0.2) is 0 Å². The molecule has 72 valence electrons. The number of hydrogen-bond acceptors (Lipinski definition) is 3. The molecule has 0 amide bonds. The molecule has 13 heavy (non-hydrogen) atoms. The summed E-state index contributed by atoms with van der Waals surface area (Å²) in [6, 6.07) is 2.10. The van der Waals surface area contributed by atoms with Crippen LogP contribution in [-0.4, -0.2) is 22.3 Å². The quantitative estimate of drug-likeness (QED) is 0.579. The number of thiocarbonyl (C=S) groups is 1. The summed E-state index contributed by atoms with van der Waals surface area (Å²) in [7, 11) is 0. The summed E-state index contributed by atoms with van der Waals surface area (Å²) in [6.45, 7) is 6.24. The molecular formula is C9H13NS3. The summed E-state index contributed by atoms with van der Waals surface area (Å²) < 4.78 is 0.975. The van der Waals surface area contributed by atoms with E-state index in [2.05, 4.69) is 35.6 Å². The second-order valence-electron chi connectivity index (χ2n) is 2.50. The summed E-state index contributed by atoms with van der Waals surface area (Å²) in [5, 5.41) is 4.20. The molecule has 0 aliphatic carbocycles. The lowest BCUT2D eigenvalue weighted by molar-refractivity contribution is 0.482. The van der Waals surface area contributed by atoms with Gasteiger partial charge in [0.05, 0.1) is 0 Å². The third-order valence-electron chi connectivity index (χ3n) is 1.72. The van der Waals surface area contributed by atoms with Crippen molar-refractivity contribution in [2.45, 2.75) is 18.7 Å². The summed E-state index contributed by atoms with van der Waals surface area (Å²) >= 11 is 8.70. The fourth-order valence-corrected chi connectivity index (χ4v) is 3.19. The largest absolute Gasteiger partial charge is 0.358 e. The first kappa shape index (κ1) is 11.0. The fourth-order valence-electron chi connectivity index (χ4n) is 0.957. The summed E-state index contributed by atoms with van der Waals surface area (Å²) in [6.07, 6.45) is 0. The molecule has 1 aromatic rings. The van der Waals surface area contributed by atoms with Gasteiger partial charge in [0.1, 0.15) is 4.32 Å². The number of thiophene rings is 1. The molecule has 1 heterocycles. The molecule has 1 rings (SSSR count). The van der Waals surface area contributed by atoms with Gasteiger partial charge in [-0.25, -0.2) is 0 Å². The molecule has 0 N–H and O–H groups in total. The Hall–Kier alpha value is -0.0600. The molecule has 0 aliphatic heterocycles. The maximum absolute atomic E-state index is 5.32. The van der Waals surface area contributed by atoms with Crippen molar-refractivity contribution in [3.63, 3.8) is 0 Å². The molecule has 0 saturated heterocycles. The zero-order valence-electron chi connectivity index (χ0n) is 7.82. The Balaban J connectivity index is 2.49. The summed E-state index contributed by atoms with van der Waals surface area (Å²) in [5.41, 5.74) is 0. The molecule has 0 atom stereocenters. The molecule has 0 aliphatic rings. The van der Waals surface area contributed by atoms with Crippen molar-refractivity contribution < 1.29 is 0 Å². The van der Waals surface area contributed by atoms with E-state index in [-0.39, 0.29) is 0 Å². The van der Waals surface area contributed by atoms with Gasteiger partial charge in [0.2, 0.25) is 0 Å². The van der Waals surface area contributed by atoms with Gasteiger partial charge in [-0.1, -0.05) is 24.0 Å². The van der Waals surface area contributed by atoms with E-state index in [0.717, 1.165) is 17.4 Å². The molecule has 0 spiro atoms. The zero-order chi connectivity index (χ0) is 9.68. The van der Waals surface area contributed by atoms with E-state index in [1.54, 1.807) is 23.1 Å². The van der Waals surface area contributed by atoms with Crippen LogP contribution in [0.1, 0.15) is 13.8 Å². The Bertz CT molecular complexity index is 252.